The first kappa shape index (κ1) is 23.3. The Labute approximate surface area is 204 Å². The molecule has 1 aromatic heterocycles. The molecule has 1 aliphatic carbocycles. The fourth-order valence-electron chi connectivity index (χ4n) is 4.69. The standard InChI is InChI=1S/C26H27N3O5S/c30-25(24-10-5-17-34-24)27-23-9-4-3-8-22(23)26(31)28-13-15-29(16-14-28)35(32,33)21-12-11-19-6-1-2-7-20(19)18-21/h3-5,8-12,17-18H,1-2,6-7,13-16H2,(H,27,30). The van der Waals surface area contributed by atoms with Crippen LogP contribution in [0.25, 0.3) is 0 Å². The van der Waals surface area contributed by atoms with Gasteiger partial charge < -0.3 is 14.6 Å². The van der Waals surface area contributed by atoms with Crippen LogP contribution in [0.4, 0.5) is 5.69 Å². The average molecular weight is 494 g/mol. The van der Waals surface area contributed by atoms with Crippen molar-refractivity contribution in [1.29, 1.82) is 0 Å². The van der Waals surface area contributed by atoms with Gasteiger partial charge in [-0.2, -0.15) is 4.31 Å². The van der Waals surface area contributed by atoms with E-state index in [0.29, 0.717) is 16.1 Å². The van der Waals surface area contributed by atoms with Gasteiger partial charge in [-0.15, -0.1) is 0 Å². The maximum atomic E-state index is 13.3. The molecule has 1 N–H and O–H groups in total. The van der Waals surface area contributed by atoms with Gasteiger partial charge >= 0.3 is 0 Å². The molecule has 182 valence electrons. The van der Waals surface area contributed by atoms with Crippen LogP contribution in [-0.2, 0) is 22.9 Å². The second kappa shape index (κ2) is 9.67. The molecule has 0 radical (unpaired) electrons. The molecule has 8 nitrogen and oxygen atoms in total. The van der Waals surface area contributed by atoms with Gasteiger partial charge in [-0.1, -0.05) is 18.2 Å². The van der Waals surface area contributed by atoms with Gasteiger partial charge in [0.15, 0.2) is 5.76 Å². The molecule has 0 atom stereocenters. The highest BCUT2D eigenvalue weighted by atomic mass is 32.2. The summed E-state index contributed by atoms with van der Waals surface area (Å²) >= 11 is 0. The molecular weight excluding hydrogens is 466 g/mol. The van der Waals surface area contributed by atoms with Gasteiger partial charge in [0.2, 0.25) is 10.0 Å². The number of nitrogens with zero attached hydrogens (tertiary/aromatic N) is 2. The lowest BCUT2D eigenvalue weighted by molar-refractivity contribution is 0.0699. The minimum Gasteiger partial charge on any atom is -0.459 e. The summed E-state index contributed by atoms with van der Waals surface area (Å²) in [5, 5.41) is 2.73. The third kappa shape index (κ3) is 4.74. The summed E-state index contributed by atoms with van der Waals surface area (Å²) in [5.74, 6) is -0.560. The van der Waals surface area contributed by atoms with Crippen molar-refractivity contribution in [2.75, 3.05) is 31.5 Å². The van der Waals surface area contributed by atoms with Crippen LogP contribution in [0.5, 0.6) is 0 Å². The number of benzene rings is 2. The van der Waals surface area contributed by atoms with Crippen LogP contribution >= 0.6 is 0 Å². The molecule has 0 unspecified atom stereocenters. The fraction of sp³-hybridized carbons (Fsp3) is 0.308. The van der Waals surface area contributed by atoms with Crippen LogP contribution in [0.3, 0.4) is 0 Å². The van der Waals surface area contributed by atoms with Crippen LogP contribution in [0.1, 0.15) is 44.9 Å². The number of fused-ring (bicyclic) bond motifs is 1. The van der Waals surface area contributed by atoms with E-state index in [1.165, 1.54) is 16.1 Å². The summed E-state index contributed by atoms with van der Waals surface area (Å²) in [6.45, 7) is 0.963. The Balaban J connectivity index is 1.27. The number of piperazine rings is 1. The first-order valence-electron chi connectivity index (χ1n) is 11.8. The van der Waals surface area contributed by atoms with Gasteiger partial charge in [-0.25, -0.2) is 8.42 Å². The fourth-order valence-corrected chi connectivity index (χ4v) is 6.16. The molecule has 2 aromatic carbocycles. The third-order valence-corrected chi connectivity index (χ3v) is 8.53. The second-order valence-electron chi connectivity index (χ2n) is 8.81. The molecule has 0 bridgehead atoms. The van der Waals surface area contributed by atoms with Crippen molar-refractivity contribution in [1.82, 2.24) is 9.21 Å². The molecule has 0 saturated carbocycles. The largest absolute Gasteiger partial charge is 0.459 e. The predicted octanol–water partition coefficient (Wildman–Crippen LogP) is 3.56. The van der Waals surface area contributed by atoms with E-state index in [9.17, 15) is 18.0 Å². The topological polar surface area (TPSA) is 99.9 Å². The number of amides is 2. The zero-order valence-corrected chi connectivity index (χ0v) is 20.1. The van der Waals surface area contributed by atoms with Crippen molar-refractivity contribution in [3.8, 4) is 0 Å². The Morgan fingerprint density at radius 3 is 2.34 bits per heavy atom. The van der Waals surface area contributed by atoms with Gasteiger partial charge in [0.05, 0.1) is 22.4 Å². The first-order valence-corrected chi connectivity index (χ1v) is 13.2. The van der Waals surface area contributed by atoms with Crippen molar-refractivity contribution in [2.24, 2.45) is 0 Å². The van der Waals surface area contributed by atoms with E-state index in [2.05, 4.69) is 5.32 Å². The highest BCUT2D eigenvalue weighted by Gasteiger charge is 2.31. The maximum Gasteiger partial charge on any atom is 0.291 e. The Kier molecular flexibility index (Phi) is 6.44. The van der Waals surface area contributed by atoms with Crippen LogP contribution in [0.15, 0.2) is 70.2 Å². The van der Waals surface area contributed by atoms with E-state index in [1.807, 2.05) is 12.1 Å². The lowest BCUT2D eigenvalue weighted by Crippen LogP contribution is -2.50. The first-order chi connectivity index (χ1) is 16.9. The maximum absolute atomic E-state index is 13.3. The highest BCUT2D eigenvalue weighted by Crippen LogP contribution is 2.27. The minimum absolute atomic E-state index is 0.147. The molecule has 35 heavy (non-hydrogen) atoms. The van der Waals surface area contributed by atoms with Crippen molar-refractivity contribution in [3.63, 3.8) is 0 Å². The molecule has 1 aliphatic heterocycles. The Hall–Kier alpha value is -3.43. The highest BCUT2D eigenvalue weighted by molar-refractivity contribution is 7.89. The van der Waals surface area contributed by atoms with Crippen LogP contribution < -0.4 is 5.32 Å². The third-order valence-electron chi connectivity index (χ3n) is 6.63. The van der Waals surface area contributed by atoms with E-state index in [1.54, 1.807) is 47.4 Å². The quantitative estimate of drug-likeness (QED) is 0.586. The van der Waals surface area contributed by atoms with E-state index >= 15 is 0 Å². The number of aryl methyl sites for hydroxylation is 2. The number of sulfonamides is 1. The number of para-hydroxylation sites is 1. The van der Waals surface area contributed by atoms with E-state index < -0.39 is 15.9 Å². The van der Waals surface area contributed by atoms with Crippen molar-refractivity contribution >= 4 is 27.5 Å². The van der Waals surface area contributed by atoms with E-state index in [-0.39, 0.29) is 37.8 Å². The number of hydrogen-bond donors (Lipinski definition) is 1. The zero-order valence-electron chi connectivity index (χ0n) is 19.3. The molecule has 2 heterocycles. The van der Waals surface area contributed by atoms with Crippen molar-refractivity contribution in [2.45, 2.75) is 30.6 Å². The molecule has 2 amide bonds. The number of carbonyl (C=O) groups excluding carboxylic acids is 2. The van der Waals surface area contributed by atoms with Crippen LogP contribution in [-0.4, -0.2) is 55.6 Å². The molecule has 1 fully saturated rings. The lowest BCUT2D eigenvalue weighted by atomic mass is 9.92. The number of nitrogens with one attached hydrogen (secondary N) is 1. The summed E-state index contributed by atoms with van der Waals surface area (Å²) in [4.78, 5) is 27.6. The summed E-state index contributed by atoms with van der Waals surface area (Å²) in [7, 11) is -3.63. The lowest BCUT2D eigenvalue weighted by Gasteiger charge is -2.34. The monoisotopic (exact) mass is 493 g/mol. The van der Waals surface area contributed by atoms with Crippen molar-refractivity contribution < 1.29 is 22.4 Å². The van der Waals surface area contributed by atoms with Gasteiger partial charge in [-0.05, 0) is 73.2 Å². The zero-order chi connectivity index (χ0) is 24.4. The van der Waals surface area contributed by atoms with Crippen molar-refractivity contribution in [3.05, 3.63) is 83.3 Å². The normalized spacial score (nSPS) is 16.5. The van der Waals surface area contributed by atoms with E-state index in [4.69, 9.17) is 4.42 Å². The smallest absolute Gasteiger partial charge is 0.291 e. The number of anilines is 1. The predicted molar refractivity (Wildman–Crippen MR) is 131 cm³/mol. The van der Waals surface area contributed by atoms with Gasteiger partial charge in [-0.3, -0.25) is 9.59 Å². The summed E-state index contributed by atoms with van der Waals surface area (Å²) in [6.07, 6.45) is 5.55. The number of carbonyl (C=O) groups is 2. The molecule has 3 aromatic rings. The SMILES string of the molecule is O=C(Nc1ccccc1C(=O)N1CCN(S(=O)(=O)c2ccc3c(c2)CCCC3)CC1)c1ccco1. The van der Waals surface area contributed by atoms with E-state index in [0.717, 1.165) is 31.2 Å². The molecule has 2 aliphatic rings. The Morgan fingerprint density at radius 2 is 1.60 bits per heavy atom. The number of rotatable bonds is 5. The molecule has 5 rings (SSSR count). The summed E-state index contributed by atoms with van der Waals surface area (Å²) < 4.78 is 33.1. The van der Waals surface area contributed by atoms with Crippen LogP contribution in [0, 0.1) is 0 Å². The van der Waals surface area contributed by atoms with Gasteiger partial charge in [0.25, 0.3) is 11.8 Å². The van der Waals surface area contributed by atoms with Gasteiger partial charge in [0.1, 0.15) is 0 Å². The average Bonchev–Trinajstić information content (AvgIpc) is 3.44. The minimum atomic E-state index is -3.63. The molecular formula is C26H27N3O5S. The number of furan rings is 1. The second-order valence-corrected chi connectivity index (χ2v) is 10.7. The Bertz CT molecular complexity index is 1340. The molecule has 0 spiro atoms. The summed E-state index contributed by atoms with van der Waals surface area (Å²) in [5.41, 5.74) is 3.09. The van der Waals surface area contributed by atoms with Gasteiger partial charge in [0, 0.05) is 26.2 Å². The number of hydrogen-bond acceptors (Lipinski definition) is 5. The molecule has 9 heteroatoms. The van der Waals surface area contributed by atoms with Crippen LogP contribution in [0.2, 0.25) is 0 Å². The molecule has 1 saturated heterocycles. The Morgan fingerprint density at radius 1 is 0.857 bits per heavy atom. The summed E-state index contributed by atoms with van der Waals surface area (Å²) in [6, 6.07) is 15.4.